The average Bonchev–Trinajstić information content (AvgIpc) is 3.21. The number of amides is 2. The monoisotopic (exact) mass is 528 g/mol. The van der Waals surface area contributed by atoms with Gasteiger partial charge in [-0.15, -0.1) is 0 Å². The van der Waals surface area contributed by atoms with Crippen molar-refractivity contribution in [3.8, 4) is 5.75 Å². The Hall–Kier alpha value is -4.59. The zero-order chi connectivity index (χ0) is 27.6. The summed E-state index contributed by atoms with van der Waals surface area (Å²) in [6.45, 7) is 0.538. The molecule has 0 saturated heterocycles. The molecule has 8 nitrogen and oxygen atoms in total. The lowest BCUT2D eigenvalue weighted by Gasteiger charge is -2.25. The molecule has 0 aliphatic carbocycles. The van der Waals surface area contributed by atoms with E-state index in [1.165, 1.54) is 4.90 Å². The van der Waals surface area contributed by atoms with E-state index < -0.39 is 23.8 Å². The third kappa shape index (κ3) is 7.04. The molecular weight excluding hydrogens is 496 g/mol. The first-order chi connectivity index (χ1) is 19.0. The first-order valence-corrected chi connectivity index (χ1v) is 13.1. The molecule has 39 heavy (non-hydrogen) atoms. The van der Waals surface area contributed by atoms with Gasteiger partial charge in [0.2, 0.25) is 0 Å². The fraction of sp³-hybridized carbons (Fsp3) is 0.258. The quantitative estimate of drug-likeness (QED) is 0.184. The van der Waals surface area contributed by atoms with Crippen molar-refractivity contribution >= 4 is 29.2 Å². The summed E-state index contributed by atoms with van der Waals surface area (Å²) in [6.07, 6.45) is 4.59. The van der Waals surface area contributed by atoms with E-state index in [1.54, 1.807) is 48.5 Å². The lowest BCUT2D eigenvalue weighted by Crippen LogP contribution is -2.32. The number of nitrogens with zero attached hydrogens (tertiary/aromatic N) is 1. The van der Waals surface area contributed by atoms with Gasteiger partial charge >= 0.3 is 5.97 Å². The van der Waals surface area contributed by atoms with Crippen molar-refractivity contribution in [2.24, 2.45) is 0 Å². The molecule has 2 amide bonds. The van der Waals surface area contributed by atoms with Crippen LogP contribution in [0.3, 0.4) is 0 Å². The van der Waals surface area contributed by atoms with Gasteiger partial charge in [0.25, 0.3) is 11.8 Å². The lowest BCUT2D eigenvalue weighted by atomic mass is 10.0. The summed E-state index contributed by atoms with van der Waals surface area (Å²) < 4.78 is 5.75. The van der Waals surface area contributed by atoms with Gasteiger partial charge in [0.1, 0.15) is 23.1 Å². The normalized spacial score (nSPS) is 14.9. The third-order valence-corrected chi connectivity index (χ3v) is 6.50. The highest BCUT2D eigenvalue weighted by atomic mass is 16.5. The predicted molar refractivity (Wildman–Crippen MR) is 149 cm³/mol. The van der Waals surface area contributed by atoms with Crippen molar-refractivity contribution in [2.75, 3.05) is 16.8 Å². The minimum atomic E-state index is -0.810. The van der Waals surface area contributed by atoms with Crippen molar-refractivity contribution < 1.29 is 29.3 Å². The zero-order valence-corrected chi connectivity index (χ0v) is 21.6. The molecule has 0 fully saturated rings. The van der Waals surface area contributed by atoms with Crippen molar-refractivity contribution in [1.29, 1.82) is 0 Å². The highest BCUT2D eigenvalue weighted by Crippen LogP contribution is 2.40. The number of anilines is 2. The van der Waals surface area contributed by atoms with Gasteiger partial charge in [-0.25, -0.2) is 0 Å². The number of unbranched alkanes of at least 4 members (excludes halogenated alkanes) is 4. The minimum absolute atomic E-state index is 0.212. The number of para-hydroxylation sites is 1. The van der Waals surface area contributed by atoms with Crippen LogP contribution in [0.15, 0.2) is 96.3 Å². The molecule has 3 aromatic rings. The number of benzene rings is 3. The second kappa shape index (κ2) is 13.3. The molecule has 0 bridgehead atoms. The van der Waals surface area contributed by atoms with E-state index in [9.17, 15) is 19.5 Å². The molecule has 8 heteroatoms. The van der Waals surface area contributed by atoms with Gasteiger partial charge in [-0.2, -0.15) is 0 Å². The van der Waals surface area contributed by atoms with Gasteiger partial charge in [-0.3, -0.25) is 19.3 Å². The number of aliphatic hydroxyl groups is 1. The molecular formula is C31H32N2O6. The average molecular weight is 529 g/mol. The molecule has 1 aliphatic rings. The number of carboxylic acids is 1. The van der Waals surface area contributed by atoms with Crippen molar-refractivity contribution in [3.63, 3.8) is 0 Å². The van der Waals surface area contributed by atoms with E-state index in [0.717, 1.165) is 25.7 Å². The number of ether oxygens (including phenoxy) is 1. The molecule has 1 unspecified atom stereocenters. The van der Waals surface area contributed by atoms with Crippen LogP contribution in [0.2, 0.25) is 0 Å². The molecule has 0 aromatic heterocycles. The zero-order valence-electron chi connectivity index (χ0n) is 21.6. The Morgan fingerprint density at radius 2 is 1.44 bits per heavy atom. The molecule has 202 valence electrons. The Morgan fingerprint density at radius 1 is 0.821 bits per heavy atom. The molecule has 1 atom stereocenters. The van der Waals surface area contributed by atoms with Gasteiger partial charge in [0.05, 0.1) is 6.61 Å². The smallest absolute Gasteiger partial charge is 0.303 e. The van der Waals surface area contributed by atoms with Crippen LogP contribution in [0, 0.1) is 0 Å². The third-order valence-electron chi connectivity index (χ3n) is 6.50. The highest BCUT2D eigenvalue weighted by molar-refractivity contribution is 6.29. The van der Waals surface area contributed by atoms with E-state index in [2.05, 4.69) is 5.32 Å². The molecule has 0 saturated carbocycles. The van der Waals surface area contributed by atoms with Crippen LogP contribution in [0.1, 0.15) is 50.1 Å². The highest BCUT2D eigenvalue weighted by Gasteiger charge is 2.44. The summed E-state index contributed by atoms with van der Waals surface area (Å²) in [6, 6.07) is 24.1. The Labute approximate surface area is 227 Å². The second-order valence-electron chi connectivity index (χ2n) is 9.32. The summed E-state index contributed by atoms with van der Waals surface area (Å²) >= 11 is 0. The van der Waals surface area contributed by atoms with E-state index in [0.29, 0.717) is 35.7 Å². The molecule has 4 rings (SSSR count). The van der Waals surface area contributed by atoms with Gasteiger partial charge < -0.3 is 20.3 Å². The Kier molecular flexibility index (Phi) is 9.34. The Bertz CT molecular complexity index is 1310. The van der Waals surface area contributed by atoms with Crippen LogP contribution in [-0.2, 0) is 14.4 Å². The van der Waals surface area contributed by atoms with Crippen LogP contribution in [-0.4, -0.2) is 34.6 Å². The summed E-state index contributed by atoms with van der Waals surface area (Å²) in [5.74, 6) is -1.67. The van der Waals surface area contributed by atoms with Crippen LogP contribution < -0.4 is 15.0 Å². The molecule has 3 N–H and O–H groups in total. The summed E-state index contributed by atoms with van der Waals surface area (Å²) in [4.78, 5) is 38.6. The maximum atomic E-state index is 13.4. The van der Waals surface area contributed by atoms with Crippen LogP contribution in [0.4, 0.5) is 11.4 Å². The Morgan fingerprint density at radius 3 is 2.10 bits per heavy atom. The maximum Gasteiger partial charge on any atom is 0.303 e. The van der Waals surface area contributed by atoms with Gasteiger partial charge in [-0.05, 0) is 54.8 Å². The fourth-order valence-corrected chi connectivity index (χ4v) is 4.54. The number of rotatable bonds is 13. The van der Waals surface area contributed by atoms with Crippen molar-refractivity contribution in [2.45, 2.75) is 44.6 Å². The Balaban J connectivity index is 1.37. The van der Waals surface area contributed by atoms with E-state index in [-0.39, 0.29) is 17.8 Å². The number of carboxylic acid groups (broad SMARTS) is 1. The predicted octanol–water partition coefficient (Wildman–Crippen LogP) is 6.03. The topological polar surface area (TPSA) is 116 Å². The first kappa shape index (κ1) is 27.4. The van der Waals surface area contributed by atoms with E-state index in [4.69, 9.17) is 9.84 Å². The lowest BCUT2D eigenvalue weighted by molar-refractivity contribution is -0.137. The van der Waals surface area contributed by atoms with E-state index in [1.807, 2.05) is 36.4 Å². The molecule has 0 spiro atoms. The van der Waals surface area contributed by atoms with Crippen LogP contribution >= 0.6 is 0 Å². The maximum absolute atomic E-state index is 13.4. The van der Waals surface area contributed by atoms with Crippen molar-refractivity contribution in [1.82, 2.24) is 0 Å². The number of nitrogens with one attached hydrogen (secondary N) is 1. The van der Waals surface area contributed by atoms with Crippen molar-refractivity contribution in [3.05, 3.63) is 102 Å². The number of carbonyl (C=O) groups is 3. The number of hydrogen-bond acceptors (Lipinski definition) is 5. The van der Waals surface area contributed by atoms with Crippen LogP contribution in [0.5, 0.6) is 5.75 Å². The van der Waals surface area contributed by atoms with Gasteiger partial charge in [0.15, 0.2) is 0 Å². The van der Waals surface area contributed by atoms with Gasteiger partial charge in [0, 0.05) is 17.8 Å². The van der Waals surface area contributed by atoms with E-state index >= 15 is 0 Å². The summed E-state index contributed by atoms with van der Waals surface area (Å²) in [5, 5.41) is 22.5. The number of hydrogen-bond donors (Lipinski definition) is 3. The fourth-order valence-electron chi connectivity index (χ4n) is 4.54. The summed E-state index contributed by atoms with van der Waals surface area (Å²) in [5.41, 5.74) is 1.44. The summed E-state index contributed by atoms with van der Waals surface area (Å²) in [7, 11) is 0. The first-order valence-electron chi connectivity index (χ1n) is 13.1. The largest absolute Gasteiger partial charge is 0.509 e. The number of carbonyl (C=O) groups excluding carboxylic acids is 2. The van der Waals surface area contributed by atoms with Crippen LogP contribution in [0.25, 0.3) is 0 Å². The molecule has 1 heterocycles. The number of aliphatic carboxylic acids is 1. The SMILES string of the molecule is O=C(O)CCCCCCCOc1ccc(NC(=O)C2=C(O)C(c3ccccc3)N(c3ccccc3)C2=O)cc1. The van der Waals surface area contributed by atoms with Gasteiger partial charge in [-0.1, -0.05) is 67.8 Å². The molecule has 3 aromatic carbocycles. The standard InChI is InChI=1S/C31H32N2O6/c34-26(35)16-10-2-1-3-11-21-39-25-19-17-23(18-20-25)32-30(37)27-29(36)28(22-12-6-4-7-13-22)33(31(27)38)24-14-8-5-9-15-24/h4-9,12-15,17-20,28,36H,1-3,10-11,16,21H2,(H,32,37)(H,34,35). The molecule has 0 radical (unpaired) electrons. The molecule has 1 aliphatic heterocycles. The second-order valence-corrected chi connectivity index (χ2v) is 9.32. The minimum Gasteiger partial charge on any atom is -0.509 e. The number of aliphatic hydroxyl groups excluding tert-OH is 1.